The highest BCUT2D eigenvalue weighted by Gasteiger charge is 2.64. The van der Waals surface area contributed by atoms with E-state index in [9.17, 15) is 5.11 Å². The zero-order valence-corrected chi connectivity index (χ0v) is 10.7. The Labute approximate surface area is 102 Å². The van der Waals surface area contributed by atoms with Crippen LogP contribution in [0.4, 0.5) is 0 Å². The average Bonchev–Trinajstić information content (AvgIpc) is 2.33. The molecule has 4 unspecified atom stereocenters. The maximum atomic E-state index is 10.3. The molecule has 1 spiro atoms. The number of hydrogen-bond acceptors (Lipinski definition) is 4. The van der Waals surface area contributed by atoms with Crippen molar-refractivity contribution in [3.63, 3.8) is 0 Å². The number of ether oxygens (including phenoxy) is 3. The van der Waals surface area contributed by atoms with Crippen molar-refractivity contribution in [3.05, 3.63) is 0 Å². The number of rotatable bonds is 1. The minimum absolute atomic E-state index is 0.284. The van der Waals surface area contributed by atoms with E-state index in [-0.39, 0.29) is 11.5 Å². The summed E-state index contributed by atoms with van der Waals surface area (Å²) in [6.07, 6.45) is 4.89. The lowest BCUT2D eigenvalue weighted by Gasteiger charge is -2.62. The largest absolute Gasteiger partial charge is 0.392 e. The predicted molar refractivity (Wildman–Crippen MR) is 61.3 cm³/mol. The van der Waals surface area contributed by atoms with Gasteiger partial charge >= 0.3 is 0 Å². The van der Waals surface area contributed by atoms with Crippen LogP contribution < -0.4 is 0 Å². The van der Waals surface area contributed by atoms with Crippen molar-refractivity contribution in [1.82, 2.24) is 0 Å². The summed E-state index contributed by atoms with van der Waals surface area (Å²) in [6, 6.07) is 0. The Balaban J connectivity index is 1.97. The second-order valence-corrected chi connectivity index (χ2v) is 5.89. The predicted octanol–water partition coefficient (Wildman–Crippen LogP) is 1.81. The van der Waals surface area contributed by atoms with Crippen molar-refractivity contribution in [2.75, 3.05) is 13.7 Å². The van der Waals surface area contributed by atoms with Crippen molar-refractivity contribution < 1.29 is 19.3 Å². The van der Waals surface area contributed by atoms with E-state index in [1.54, 1.807) is 7.11 Å². The van der Waals surface area contributed by atoms with E-state index in [0.29, 0.717) is 6.61 Å². The van der Waals surface area contributed by atoms with E-state index < -0.39 is 11.6 Å². The summed E-state index contributed by atoms with van der Waals surface area (Å²) in [7, 11) is 1.71. The molecular weight excluding hydrogens is 220 g/mol. The summed E-state index contributed by atoms with van der Waals surface area (Å²) in [5.74, 6) is -1.11. The Hall–Kier alpha value is -0.160. The summed E-state index contributed by atoms with van der Waals surface area (Å²) >= 11 is 0. The third-order valence-electron chi connectivity index (χ3n) is 5.16. The van der Waals surface area contributed by atoms with Crippen LogP contribution in [0, 0.1) is 5.41 Å². The van der Waals surface area contributed by atoms with Crippen LogP contribution in [0.1, 0.15) is 45.4 Å². The van der Waals surface area contributed by atoms with E-state index in [4.69, 9.17) is 14.2 Å². The highest BCUT2D eigenvalue weighted by atomic mass is 16.8. The van der Waals surface area contributed by atoms with Crippen LogP contribution in [-0.2, 0) is 14.2 Å². The summed E-state index contributed by atoms with van der Waals surface area (Å²) < 4.78 is 17.8. The molecule has 3 fully saturated rings. The Kier molecular flexibility index (Phi) is 2.57. The lowest BCUT2D eigenvalue weighted by molar-refractivity contribution is -0.461. The molecule has 0 radical (unpaired) electrons. The van der Waals surface area contributed by atoms with Crippen molar-refractivity contribution in [3.8, 4) is 0 Å². The molecule has 2 aliphatic heterocycles. The van der Waals surface area contributed by atoms with Crippen LogP contribution in [0.15, 0.2) is 0 Å². The molecule has 3 rings (SSSR count). The van der Waals surface area contributed by atoms with Gasteiger partial charge in [0.05, 0.1) is 12.7 Å². The van der Waals surface area contributed by atoms with Crippen LogP contribution in [0.25, 0.3) is 0 Å². The van der Waals surface area contributed by atoms with Crippen molar-refractivity contribution in [1.29, 1.82) is 0 Å². The molecule has 4 nitrogen and oxygen atoms in total. The second-order valence-electron chi connectivity index (χ2n) is 5.89. The lowest BCUT2D eigenvalue weighted by Crippen LogP contribution is -2.68. The number of methoxy groups -OCH3 is 1. The SMILES string of the molecule is COC12CCOC3(CCCC(O)C3(C)CC1)O2. The van der Waals surface area contributed by atoms with Gasteiger partial charge in [-0.2, -0.15) is 0 Å². The molecule has 2 heterocycles. The van der Waals surface area contributed by atoms with Gasteiger partial charge in [-0.05, 0) is 19.3 Å². The minimum Gasteiger partial charge on any atom is -0.392 e. The van der Waals surface area contributed by atoms with Crippen LogP contribution in [0.3, 0.4) is 0 Å². The maximum absolute atomic E-state index is 10.3. The number of aliphatic hydroxyl groups is 1. The van der Waals surface area contributed by atoms with E-state index >= 15 is 0 Å². The minimum atomic E-state index is -0.628. The molecule has 98 valence electrons. The molecule has 0 amide bonds. The van der Waals surface area contributed by atoms with Gasteiger partial charge in [0.2, 0.25) is 0 Å². The molecule has 17 heavy (non-hydrogen) atoms. The quantitative estimate of drug-likeness (QED) is 0.761. The van der Waals surface area contributed by atoms with Crippen LogP contribution in [0.5, 0.6) is 0 Å². The van der Waals surface area contributed by atoms with Gasteiger partial charge in [0.15, 0.2) is 11.6 Å². The Morgan fingerprint density at radius 3 is 2.82 bits per heavy atom. The van der Waals surface area contributed by atoms with Gasteiger partial charge < -0.3 is 19.3 Å². The first-order valence-corrected chi connectivity index (χ1v) is 6.63. The smallest absolute Gasteiger partial charge is 0.179 e. The molecule has 4 heteroatoms. The molecule has 1 N–H and O–H groups in total. The molecular formula is C13H22O4. The van der Waals surface area contributed by atoms with Crippen LogP contribution >= 0.6 is 0 Å². The maximum Gasteiger partial charge on any atom is 0.179 e. The average molecular weight is 242 g/mol. The topological polar surface area (TPSA) is 47.9 Å². The molecule has 1 saturated carbocycles. The fraction of sp³-hybridized carbons (Fsp3) is 1.00. The Morgan fingerprint density at radius 1 is 1.24 bits per heavy atom. The fourth-order valence-electron chi connectivity index (χ4n) is 3.77. The molecule has 4 atom stereocenters. The third-order valence-corrected chi connectivity index (χ3v) is 5.16. The third kappa shape index (κ3) is 1.44. The molecule has 0 aromatic carbocycles. The first-order valence-electron chi connectivity index (χ1n) is 6.63. The standard InChI is InChI=1S/C13H22O4/c1-11-6-7-12(15-2)8-9-16-13(11,17-12)5-3-4-10(11)14/h10,14H,3-9H2,1-2H3. The Bertz CT molecular complexity index is 317. The first-order chi connectivity index (χ1) is 8.06. The molecule has 0 aromatic rings. The molecule has 2 bridgehead atoms. The van der Waals surface area contributed by atoms with Crippen molar-refractivity contribution in [2.45, 2.75) is 63.1 Å². The first kappa shape index (κ1) is 11.9. The molecule has 2 saturated heterocycles. The monoisotopic (exact) mass is 242 g/mol. The number of aliphatic hydroxyl groups excluding tert-OH is 1. The van der Waals surface area contributed by atoms with Crippen LogP contribution in [-0.4, -0.2) is 36.5 Å². The van der Waals surface area contributed by atoms with Gasteiger partial charge in [0.1, 0.15) is 0 Å². The zero-order valence-electron chi connectivity index (χ0n) is 10.7. The summed E-state index contributed by atoms with van der Waals surface area (Å²) in [6.45, 7) is 2.76. The van der Waals surface area contributed by atoms with Gasteiger partial charge in [0.25, 0.3) is 0 Å². The number of hydrogen-bond donors (Lipinski definition) is 1. The normalized spacial score (nSPS) is 54.2. The van der Waals surface area contributed by atoms with E-state index in [2.05, 4.69) is 6.92 Å². The van der Waals surface area contributed by atoms with Gasteiger partial charge in [0, 0.05) is 31.8 Å². The van der Waals surface area contributed by atoms with Crippen molar-refractivity contribution >= 4 is 0 Å². The molecule has 1 aliphatic carbocycles. The van der Waals surface area contributed by atoms with E-state index in [1.807, 2.05) is 0 Å². The van der Waals surface area contributed by atoms with Gasteiger partial charge in [-0.1, -0.05) is 6.92 Å². The lowest BCUT2D eigenvalue weighted by atomic mass is 9.63. The van der Waals surface area contributed by atoms with Crippen molar-refractivity contribution in [2.24, 2.45) is 5.41 Å². The van der Waals surface area contributed by atoms with Gasteiger partial charge in [-0.3, -0.25) is 0 Å². The zero-order chi connectivity index (χ0) is 12.1. The van der Waals surface area contributed by atoms with E-state index in [0.717, 1.165) is 38.5 Å². The fourth-order valence-corrected chi connectivity index (χ4v) is 3.77. The number of fused-ring (bicyclic) bond motifs is 1. The van der Waals surface area contributed by atoms with E-state index in [1.165, 1.54) is 0 Å². The highest BCUT2D eigenvalue weighted by Crippen LogP contribution is 2.58. The Morgan fingerprint density at radius 2 is 2.06 bits per heavy atom. The van der Waals surface area contributed by atoms with Gasteiger partial charge in [-0.25, -0.2) is 0 Å². The second kappa shape index (κ2) is 3.67. The highest BCUT2D eigenvalue weighted by molar-refractivity contribution is 5.05. The molecule has 3 aliphatic rings. The van der Waals surface area contributed by atoms with Gasteiger partial charge in [-0.15, -0.1) is 0 Å². The molecule has 0 aromatic heterocycles. The summed E-state index contributed by atoms with van der Waals surface area (Å²) in [5, 5.41) is 10.3. The van der Waals surface area contributed by atoms with Crippen LogP contribution in [0.2, 0.25) is 0 Å². The summed E-state index contributed by atoms with van der Waals surface area (Å²) in [4.78, 5) is 0. The summed E-state index contributed by atoms with van der Waals surface area (Å²) in [5.41, 5.74) is -0.284.